The molecule has 7 heteroatoms. The minimum atomic E-state index is -0.981. The summed E-state index contributed by atoms with van der Waals surface area (Å²) in [7, 11) is 2.98. The summed E-state index contributed by atoms with van der Waals surface area (Å²) >= 11 is 1.40. The zero-order chi connectivity index (χ0) is 16.8. The summed E-state index contributed by atoms with van der Waals surface area (Å²) in [6.45, 7) is 0. The molecule has 122 valence electrons. The lowest BCUT2D eigenvalue weighted by atomic mass is 10.1. The van der Waals surface area contributed by atoms with Crippen LogP contribution in [0.2, 0.25) is 0 Å². The van der Waals surface area contributed by atoms with Crippen molar-refractivity contribution in [3.8, 4) is 11.5 Å². The Hall–Kier alpha value is -2.54. The fraction of sp³-hybridized carbons (Fsp3) is 0.250. The summed E-state index contributed by atoms with van der Waals surface area (Å²) < 4.78 is 10.3. The Morgan fingerprint density at radius 2 is 2.04 bits per heavy atom. The lowest BCUT2D eigenvalue weighted by Gasteiger charge is -2.17. The Morgan fingerprint density at radius 3 is 2.61 bits per heavy atom. The van der Waals surface area contributed by atoms with Gasteiger partial charge in [0.15, 0.2) is 0 Å². The van der Waals surface area contributed by atoms with E-state index in [0.717, 1.165) is 4.88 Å². The molecule has 0 aliphatic heterocycles. The molecule has 6 nitrogen and oxygen atoms in total. The smallest absolute Gasteiger partial charge is 0.305 e. The summed E-state index contributed by atoms with van der Waals surface area (Å²) in [5.74, 6) is -0.449. The van der Waals surface area contributed by atoms with Gasteiger partial charge in [0.1, 0.15) is 11.5 Å². The molecule has 23 heavy (non-hydrogen) atoms. The van der Waals surface area contributed by atoms with Crippen molar-refractivity contribution in [2.45, 2.75) is 12.5 Å². The minimum Gasteiger partial charge on any atom is -0.497 e. The molecule has 1 aromatic heterocycles. The number of carbonyl (C=O) groups is 2. The first-order chi connectivity index (χ1) is 11.0. The van der Waals surface area contributed by atoms with Crippen LogP contribution in [-0.4, -0.2) is 31.2 Å². The molecule has 0 aliphatic rings. The van der Waals surface area contributed by atoms with E-state index in [9.17, 15) is 9.59 Å². The Labute approximate surface area is 137 Å². The number of carboxylic acids is 1. The van der Waals surface area contributed by atoms with Crippen LogP contribution in [0.5, 0.6) is 11.5 Å². The van der Waals surface area contributed by atoms with Gasteiger partial charge in [0.05, 0.1) is 32.2 Å². The van der Waals surface area contributed by atoms with Crippen LogP contribution in [0.4, 0.5) is 0 Å². The van der Waals surface area contributed by atoms with Gasteiger partial charge in [0.25, 0.3) is 5.91 Å². The molecular formula is C16H17NO5S. The standard InChI is InChI=1S/C16H17NO5S/c1-21-10-5-6-11(13(8-10)22-2)16(20)17-12(9-15(18)19)14-4-3-7-23-14/h3-8,12H,9H2,1-2H3,(H,17,20)(H,18,19)/t12-/m1/s1. The number of nitrogens with one attached hydrogen (secondary N) is 1. The minimum absolute atomic E-state index is 0.190. The van der Waals surface area contributed by atoms with E-state index in [1.54, 1.807) is 24.3 Å². The number of thiophene rings is 1. The van der Waals surface area contributed by atoms with Gasteiger partial charge in [0.2, 0.25) is 0 Å². The number of amides is 1. The van der Waals surface area contributed by atoms with Crippen LogP contribution < -0.4 is 14.8 Å². The van der Waals surface area contributed by atoms with Crippen LogP contribution in [0.25, 0.3) is 0 Å². The Kier molecular flexibility index (Phi) is 5.59. The van der Waals surface area contributed by atoms with Crippen molar-refractivity contribution in [1.82, 2.24) is 5.32 Å². The molecule has 1 aromatic carbocycles. The van der Waals surface area contributed by atoms with Crippen LogP contribution in [0.3, 0.4) is 0 Å². The molecule has 1 amide bonds. The predicted octanol–water partition coefficient (Wildman–Crippen LogP) is 2.71. The maximum absolute atomic E-state index is 12.5. The van der Waals surface area contributed by atoms with Gasteiger partial charge in [-0.3, -0.25) is 9.59 Å². The first kappa shape index (κ1) is 16.8. The third-order valence-corrected chi connectivity index (χ3v) is 4.21. The maximum Gasteiger partial charge on any atom is 0.305 e. The van der Waals surface area contributed by atoms with Gasteiger partial charge in [-0.2, -0.15) is 0 Å². The highest BCUT2D eigenvalue weighted by Gasteiger charge is 2.21. The first-order valence-electron chi connectivity index (χ1n) is 6.83. The average Bonchev–Trinajstić information content (AvgIpc) is 3.07. The average molecular weight is 335 g/mol. The van der Waals surface area contributed by atoms with Gasteiger partial charge in [-0.1, -0.05) is 6.07 Å². The highest BCUT2D eigenvalue weighted by Crippen LogP contribution is 2.27. The number of carbonyl (C=O) groups excluding carboxylic acids is 1. The molecule has 0 spiro atoms. The molecule has 0 unspecified atom stereocenters. The lowest BCUT2D eigenvalue weighted by Crippen LogP contribution is -2.30. The zero-order valence-corrected chi connectivity index (χ0v) is 13.6. The topological polar surface area (TPSA) is 84.9 Å². The van der Waals surface area contributed by atoms with Crippen LogP contribution in [-0.2, 0) is 4.79 Å². The van der Waals surface area contributed by atoms with E-state index in [0.29, 0.717) is 17.1 Å². The summed E-state index contributed by atoms with van der Waals surface area (Å²) in [6.07, 6.45) is -0.190. The second kappa shape index (κ2) is 7.64. The molecule has 0 aliphatic carbocycles. The predicted molar refractivity (Wildman–Crippen MR) is 86.3 cm³/mol. The van der Waals surface area contributed by atoms with E-state index in [4.69, 9.17) is 14.6 Å². The largest absolute Gasteiger partial charge is 0.497 e. The lowest BCUT2D eigenvalue weighted by molar-refractivity contribution is -0.137. The van der Waals surface area contributed by atoms with Crippen molar-refractivity contribution in [2.24, 2.45) is 0 Å². The van der Waals surface area contributed by atoms with Crippen LogP contribution in [0.1, 0.15) is 27.7 Å². The highest BCUT2D eigenvalue weighted by atomic mass is 32.1. The zero-order valence-electron chi connectivity index (χ0n) is 12.7. The van der Waals surface area contributed by atoms with Crippen LogP contribution >= 0.6 is 11.3 Å². The van der Waals surface area contributed by atoms with Gasteiger partial charge in [-0.25, -0.2) is 0 Å². The third-order valence-electron chi connectivity index (χ3n) is 3.22. The molecule has 0 fully saturated rings. The van der Waals surface area contributed by atoms with Crippen molar-refractivity contribution >= 4 is 23.2 Å². The van der Waals surface area contributed by atoms with E-state index in [2.05, 4.69) is 5.32 Å². The fourth-order valence-corrected chi connectivity index (χ4v) is 2.89. The van der Waals surface area contributed by atoms with Crippen molar-refractivity contribution < 1.29 is 24.2 Å². The second-order valence-corrected chi connectivity index (χ2v) is 5.68. The SMILES string of the molecule is COc1ccc(C(=O)N[C@H](CC(=O)O)c2cccs2)c(OC)c1. The molecule has 0 radical (unpaired) electrons. The number of carboxylic acid groups (broad SMARTS) is 1. The van der Waals surface area contributed by atoms with Crippen molar-refractivity contribution in [1.29, 1.82) is 0 Å². The number of aliphatic carboxylic acids is 1. The molecule has 0 saturated heterocycles. The summed E-state index contributed by atoms with van der Waals surface area (Å²) in [6, 6.07) is 7.85. The number of hydrogen-bond acceptors (Lipinski definition) is 5. The Morgan fingerprint density at radius 1 is 1.26 bits per heavy atom. The third kappa shape index (κ3) is 4.23. The molecule has 2 N–H and O–H groups in total. The molecule has 2 rings (SSSR count). The van der Waals surface area contributed by atoms with Crippen molar-refractivity contribution in [3.63, 3.8) is 0 Å². The van der Waals surface area contributed by atoms with Crippen molar-refractivity contribution in [3.05, 3.63) is 46.2 Å². The monoisotopic (exact) mass is 335 g/mol. The molecule has 2 aromatic rings. The number of ether oxygens (including phenoxy) is 2. The van der Waals surface area contributed by atoms with Gasteiger partial charge < -0.3 is 19.9 Å². The van der Waals surface area contributed by atoms with E-state index < -0.39 is 17.9 Å². The number of benzene rings is 1. The number of rotatable bonds is 7. The van der Waals surface area contributed by atoms with E-state index in [-0.39, 0.29) is 6.42 Å². The van der Waals surface area contributed by atoms with Crippen LogP contribution in [0.15, 0.2) is 35.7 Å². The summed E-state index contributed by atoms with van der Waals surface area (Å²) in [4.78, 5) is 24.3. The van der Waals surface area contributed by atoms with E-state index >= 15 is 0 Å². The molecular weight excluding hydrogens is 318 g/mol. The molecule has 1 atom stereocenters. The number of methoxy groups -OCH3 is 2. The van der Waals surface area contributed by atoms with Gasteiger partial charge in [0, 0.05) is 10.9 Å². The van der Waals surface area contributed by atoms with E-state index in [1.165, 1.54) is 25.6 Å². The van der Waals surface area contributed by atoms with Gasteiger partial charge in [-0.05, 0) is 23.6 Å². The fourth-order valence-electron chi connectivity index (χ4n) is 2.11. The normalized spacial score (nSPS) is 11.6. The van der Waals surface area contributed by atoms with Crippen LogP contribution in [0, 0.1) is 0 Å². The Balaban J connectivity index is 2.23. The maximum atomic E-state index is 12.5. The summed E-state index contributed by atoms with van der Waals surface area (Å²) in [5, 5.41) is 13.6. The Bertz CT molecular complexity index is 684. The number of hydrogen-bond donors (Lipinski definition) is 2. The first-order valence-corrected chi connectivity index (χ1v) is 7.71. The molecule has 0 bridgehead atoms. The molecule has 0 saturated carbocycles. The van der Waals surface area contributed by atoms with Crippen molar-refractivity contribution in [2.75, 3.05) is 14.2 Å². The highest BCUT2D eigenvalue weighted by molar-refractivity contribution is 7.10. The quantitative estimate of drug-likeness (QED) is 0.813. The molecule has 1 heterocycles. The summed E-state index contributed by atoms with van der Waals surface area (Å²) in [5.41, 5.74) is 0.320. The van der Waals surface area contributed by atoms with Gasteiger partial charge >= 0.3 is 5.97 Å². The second-order valence-electron chi connectivity index (χ2n) is 4.71. The van der Waals surface area contributed by atoms with E-state index in [1.807, 2.05) is 11.4 Å². The van der Waals surface area contributed by atoms with Gasteiger partial charge in [-0.15, -0.1) is 11.3 Å².